The van der Waals surface area contributed by atoms with Crippen molar-refractivity contribution in [1.82, 2.24) is 4.90 Å². The molecule has 0 spiro atoms. The van der Waals surface area contributed by atoms with Gasteiger partial charge in [0.1, 0.15) is 13.2 Å². The van der Waals surface area contributed by atoms with Gasteiger partial charge in [-0.2, -0.15) is 0 Å². The number of nitrogens with zero attached hydrogens (tertiary/aromatic N) is 1. The van der Waals surface area contributed by atoms with Crippen LogP contribution in [0, 0.1) is 6.92 Å². The molecular formula is C22H26N2O3. The summed E-state index contributed by atoms with van der Waals surface area (Å²) in [4.78, 5) is 15.1. The van der Waals surface area contributed by atoms with Gasteiger partial charge in [0.2, 0.25) is 0 Å². The third-order valence-corrected chi connectivity index (χ3v) is 5.27. The van der Waals surface area contributed by atoms with Gasteiger partial charge in [-0.05, 0) is 37.5 Å². The van der Waals surface area contributed by atoms with Gasteiger partial charge in [-0.3, -0.25) is 0 Å². The first-order valence-corrected chi connectivity index (χ1v) is 9.74. The van der Waals surface area contributed by atoms with Crippen molar-refractivity contribution in [2.45, 2.75) is 38.6 Å². The number of nitrogens with one attached hydrogen (secondary N) is 1. The number of urea groups is 1. The summed E-state index contributed by atoms with van der Waals surface area (Å²) in [5.41, 5.74) is 3.18. The number of aryl methyl sites for hydroxylation is 1. The molecule has 0 bridgehead atoms. The van der Waals surface area contributed by atoms with Crippen LogP contribution in [0.2, 0.25) is 0 Å². The van der Waals surface area contributed by atoms with Gasteiger partial charge in [0.15, 0.2) is 11.5 Å². The molecule has 1 N–H and O–H groups in total. The van der Waals surface area contributed by atoms with Crippen LogP contribution in [0.4, 0.5) is 10.5 Å². The number of hydrogen-bond acceptors (Lipinski definition) is 3. The lowest BCUT2D eigenvalue weighted by Gasteiger charge is -2.31. The molecule has 5 nitrogen and oxygen atoms in total. The zero-order valence-electron chi connectivity index (χ0n) is 15.7. The third-order valence-electron chi connectivity index (χ3n) is 5.27. The van der Waals surface area contributed by atoms with Crippen LogP contribution < -0.4 is 14.8 Å². The summed E-state index contributed by atoms with van der Waals surface area (Å²) in [6.45, 7) is 3.95. The van der Waals surface area contributed by atoms with E-state index in [1.54, 1.807) is 0 Å². The number of likely N-dealkylation sites (tertiary alicyclic amines) is 1. The first-order chi connectivity index (χ1) is 13.2. The van der Waals surface area contributed by atoms with Crippen LogP contribution in [0.3, 0.4) is 0 Å². The Hall–Kier alpha value is -2.69. The van der Waals surface area contributed by atoms with Crippen LogP contribution in [0.5, 0.6) is 11.5 Å². The Labute approximate surface area is 160 Å². The minimum absolute atomic E-state index is 0.0563. The van der Waals surface area contributed by atoms with E-state index in [1.165, 1.54) is 11.1 Å². The number of ether oxygens (including phenoxy) is 2. The topological polar surface area (TPSA) is 50.8 Å². The molecule has 0 radical (unpaired) electrons. The van der Waals surface area contributed by atoms with Crippen molar-refractivity contribution in [3.63, 3.8) is 0 Å². The molecule has 4 rings (SSSR count). The number of benzene rings is 2. The number of anilines is 1. The number of rotatable bonds is 2. The van der Waals surface area contributed by atoms with Crippen molar-refractivity contribution in [1.29, 1.82) is 0 Å². The minimum Gasteiger partial charge on any atom is -0.486 e. The Morgan fingerprint density at radius 2 is 1.78 bits per heavy atom. The Morgan fingerprint density at radius 1 is 1.00 bits per heavy atom. The van der Waals surface area contributed by atoms with E-state index in [0.29, 0.717) is 19.0 Å². The molecule has 0 unspecified atom stereocenters. The van der Waals surface area contributed by atoms with Crippen molar-refractivity contribution >= 4 is 11.7 Å². The fraction of sp³-hybridized carbons (Fsp3) is 0.409. The lowest BCUT2D eigenvalue weighted by atomic mass is 10.00. The molecule has 5 heteroatoms. The minimum atomic E-state index is -0.0563. The van der Waals surface area contributed by atoms with E-state index >= 15 is 0 Å². The Morgan fingerprint density at radius 3 is 2.59 bits per heavy atom. The van der Waals surface area contributed by atoms with Crippen LogP contribution >= 0.6 is 0 Å². The highest BCUT2D eigenvalue weighted by atomic mass is 16.6. The number of fused-ring (bicyclic) bond motifs is 1. The summed E-state index contributed by atoms with van der Waals surface area (Å²) in [5.74, 6) is 1.41. The average Bonchev–Trinajstić information content (AvgIpc) is 2.95. The first kappa shape index (κ1) is 17.7. The monoisotopic (exact) mass is 366 g/mol. The van der Waals surface area contributed by atoms with E-state index in [-0.39, 0.29) is 12.1 Å². The van der Waals surface area contributed by atoms with E-state index in [2.05, 4.69) is 36.5 Å². The fourth-order valence-electron chi connectivity index (χ4n) is 3.80. The summed E-state index contributed by atoms with van der Waals surface area (Å²) in [5, 5.41) is 3.05. The molecule has 2 heterocycles. The van der Waals surface area contributed by atoms with Crippen molar-refractivity contribution in [3.8, 4) is 11.5 Å². The average molecular weight is 366 g/mol. The zero-order valence-corrected chi connectivity index (χ0v) is 15.7. The fourth-order valence-corrected chi connectivity index (χ4v) is 3.80. The predicted octanol–water partition coefficient (Wildman–Crippen LogP) is 4.92. The highest BCUT2D eigenvalue weighted by Crippen LogP contribution is 2.34. The van der Waals surface area contributed by atoms with E-state index in [1.807, 2.05) is 23.1 Å². The van der Waals surface area contributed by atoms with Gasteiger partial charge in [-0.15, -0.1) is 0 Å². The summed E-state index contributed by atoms with van der Waals surface area (Å²) in [7, 11) is 0. The van der Waals surface area contributed by atoms with Gasteiger partial charge >= 0.3 is 6.03 Å². The molecule has 0 aliphatic carbocycles. The summed E-state index contributed by atoms with van der Waals surface area (Å²) < 4.78 is 11.2. The van der Waals surface area contributed by atoms with Crippen molar-refractivity contribution < 1.29 is 14.3 Å². The summed E-state index contributed by atoms with van der Waals surface area (Å²) >= 11 is 0. The maximum atomic E-state index is 13.1. The zero-order chi connectivity index (χ0) is 18.6. The Balaban J connectivity index is 1.53. The number of hydrogen-bond donors (Lipinski definition) is 1. The molecule has 1 atom stereocenters. The molecular weight excluding hydrogens is 340 g/mol. The Kier molecular flexibility index (Phi) is 5.19. The van der Waals surface area contributed by atoms with E-state index in [0.717, 1.165) is 43.7 Å². The standard InChI is InChI=1S/C22H26N2O3/c1-16-6-8-17(9-7-16)19-5-3-2-4-12-24(19)22(25)23-18-10-11-20-21(15-18)27-14-13-26-20/h6-11,15,19H,2-5,12-14H2,1H3,(H,23,25)/t19-/m1/s1. The predicted molar refractivity (Wildman–Crippen MR) is 106 cm³/mol. The van der Waals surface area contributed by atoms with E-state index < -0.39 is 0 Å². The maximum Gasteiger partial charge on any atom is 0.322 e. The first-order valence-electron chi connectivity index (χ1n) is 9.74. The largest absolute Gasteiger partial charge is 0.486 e. The molecule has 1 saturated heterocycles. The van der Waals surface area contributed by atoms with Gasteiger partial charge < -0.3 is 19.7 Å². The van der Waals surface area contributed by atoms with Gasteiger partial charge in [0.25, 0.3) is 0 Å². The van der Waals surface area contributed by atoms with Crippen LogP contribution in [0.25, 0.3) is 0 Å². The molecule has 0 aromatic heterocycles. The third kappa shape index (κ3) is 4.02. The van der Waals surface area contributed by atoms with Gasteiger partial charge in [0, 0.05) is 18.3 Å². The maximum absolute atomic E-state index is 13.1. The number of amides is 2. The molecule has 2 aromatic rings. The molecule has 1 fully saturated rings. The molecule has 142 valence electrons. The lowest BCUT2D eigenvalue weighted by Crippen LogP contribution is -2.38. The normalized spacial score (nSPS) is 19.3. The second-order valence-corrected chi connectivity index (χ2v) is 7.26. The van der Waals surface area contributed by atoms with Crippen LogP contribution in [0.1, 0.15) is 42.9 Å². The van der Waals surface area contributed by atoms with Gasteiger partial charge in [-0.1, -0.05) is 42.7 Å². The summed E-state index contributed by atoms with van der Waals surface area (Å²) in [6, 6.07) is 14.2. The number of carbonyl (C=O) groups excluding carboxylic acids is 1. The molecule has 2 aliphatic rings. The van der Waals surface area contributed by atoms with Gasteiger partial charge in [-0.25, -0.2) is 4.79 Å². The summed E-state index contributed by atoms with van der Waals surface area (Å²) in [6.07, 6.45) is 4.34. The second kappa shape index (κ2) is 7.91. The van der Waals surface area contributed by atoms with Crippen LogP contribution in [-0.2, 0) is 0 Å². The quantitative estimate of drug-likeness (QED) is 0.821. The van der Waals surface area contributed by atoms with Crippen LogP contribution in [-0.4, -0.2) is 30.7 Å². The molecule has 0 saturated carbocycles. The SMILES string of the molecule is Cc1ccc([C@H]2CCCCCN2C(=O)Nc2ccc3c(c2)OCCO3)cc1. The molecule has 2 aliphatic heterocycles. The van der Waals surface area contributed by atoms with E-state index in [4.69, 9.17) is 9.47 Å². The molecule has 27 heavy (non-hydrogen) atoms. The highest BCUT2D eigenvalue weighted by molar-refractivity contribution is 5.90. The smallest absolute Gasteiger partial charge is 0.322 e. The number of carbonyl (C=O) groups is 1. The van der Waals surface area contributed by atoms with Crippen LogP contribution in [0.15, 0.2) is 42.5 Å². The second-order valence-electron chi connectivity index (χ2n) is 7.26. The molecule has 2 aromatic carbocycles. The highest BCUT2D eigenvalue weighted by Gasteiger charge is 2.27. The molecule has 2 amide bonds. The van der Waals surface area contributed by atoms with Crippen molar-refractivity contribution in [3.05, 3.63) is 53.6 Å². The lowest BCUT2D eigenvalue weighted by molar-refractivity contribution is 0.171. The van der Waals surface area contributed by atoms with Crippen molar-refractivity contribution in [2.24, 2.45) is 0 Å². The van der Waals surface area contributed by atoms with Gasteiger partial charge in [0.05, 0.1) is 6.04 Å². The van der Waals surface area contributed by atoms with Crippen molar-refractivity contribution in [2.75, 3.05) is 25.1 Å². The van der Waals surface area contributed by atoms with E-state index in [9.17, 15) is 4.79 Å². The Bertz CT molecular complexity index is 804.